The molecule has 0 aliphatic carbocycles. The van der Waals surface area contributed by atoms with E-state index in [0.717, 1.165) is 6.07 Å². The highest BCUT2D eigenvalue weighted by atomic mass is 35.5. The summed E-state index contributed by atoms with van der Waals surface area (Å²) < 4.78 is 29.8. The van der Waals surface area contributed by atoms with Gasteiger partial charge in [-0.15, -0.1) is 0 Å². The van der Waals surface area contributed by atoms with Gasteiger partial charge < -0.3 is 18.5 Å². The van der Waals surface area contributed by atoms with Crippen molar-refractivity contribution in [3.63, 3.8) is 0 Å². The molecule has 0 saturated carbocycles. The number of carbonyl (C=O) groups excluding carboxylic acids is 3. The van der Waals surface area contributed by atoms with Gasteiger partial charge in [0.15, 0.2) is 0 Å². The van der Waals surface area contributed by atoms with Crippen LogP contribution in [-0.4, -0.2) is 29.8 Å². The molecular formula is C18H18BClFNO7. The zero-order chi connectivity index (χ0) is 21.7. The zero-order valence-electron chi connectivity index (χ0n) is 16.0. The Kier molecular flexibility index (Phi) is 7.38. The smallest absolute Gasteiger partial charge is 0.462 e. The summed E-state index contributed by atoms with van der Waals surface area (Å²) in [5, 5.41) is -0.261. The number of pyridine rings is 1. The number of hydrogen-bond donors (Lipinski definition) is 0. The van der Waals surface area contributed by atoms with Gasteiger partial charge in [0.2, 0.25) is 5.43 Å². The van der Waals surface area contributed by atoms with Gasteiger partial charge >= 0.3 is 13.3 Å². The second-order valence-electron chi connectivity index (χ2n) is 5.82. The van der Waals surface area contributed by atoms with Crippen molar-refractivity contribution in [1.82, 2.24) is 4.57 Å². The van der Waals surface area contributed by atoms with Crippen molar-refractivity contribution in [2.75, 3.05) is 0 Å². The first-order chi connectivity index (χ1) is 13.7. The van der Waals surface area contributed by atoms with E-state index in [1.165, 1.54) is 30.7 Å². The number of aryl methyl sites for hydroxylation is 1. The van der Waals surface area contributed by atoms with Crippen molar-refractivity contribution in [3.05, 3.63) is 45.0 Å². The highest BCUT2D eigenvalue weighted by Gasteiger charge is 2.37. The standard InChI is InChI=1S/C18H18BClFNO7/c1-4-15(23)27-19(28-16(24)5-2)29-18(26)11-9-22(6-3)14-8-12(20)13(21)7-10(14)17(11)25/h7-9H,4-6H2,1-3H3. The quantitative estimate of drug-likeness (QED) is 0.629. The lowest BCUT2D eigenvalue weighted by molar-refractivity contribution is -0.142. The number of halogens is 2. The van der Waals surface area contributed by atoms with E-state index in [-0.39, 0.29) is 23.3 Å². The summed E-state index contributed by atoms with van der Waals surface area (Å²) in [6.45, 7) is 5.06. The van der Waals surface area contributed by atoms with Gasteiger partial charge in [-0.1, -0.05) is 25.4 Å². The molecule has 0 saturated heterocycles. The molecule has 0 fully saturated rings. The number of benzene rings is 1. The van der Waals surface area contributed by atoms with E-state index in [0.29, 0.717) is 12.1 Å². The van der Waals surface area contributed by atoms with E-state index >= 15 is 0 Å². The topological polar surface area (TPSA) is 101 Å². The van der Waals surface area contributed by atoms with Crippen molar-refractivity contribution < 1.29 is 32.7 Å². The van der Waals surface area contributed by atoms with E-state index in [2.05, 4.69) is 0 Å². The Morgan fingerprint density at radius 3 is 2.17 bits per heavy atom. The largest absolute Gasteiger partial charge is 0.870 e. The molecule has 0 atom stereocenters. The number of aromatic nitrogens is 1. The first-order valence-electron chi connectivity index (χ1n) is 8.83. The van der Waals surface area contributed by atoms with Crippen LogP contribution in [-0.2, 0) is 30.1 Å². The van der Waals surface area contributed by atoms with Crippen LogP contribution in [0.1, 0.15) is 44.0 Å². The van der Waals surface area contributed by atoms with Gasteiger partial charge in [0.05, 0.1) is 10.5 Å². The monoisotopic (exact) mass is 425 g/mol. The molecule has 154 valence electrons. The molecule has 1 aromatic carbocycles. The number of fused-ring (bicyclic) bond motifs is 1. The Bertz CT molecular complexity index is 1010. The molecule has 0 aliphatic rings. The average Bonchev–Trinajstić information content (AvgIpc) is 2.69. The van der Waals surface area contributed by atoms with Crippen LogP contribution in [0.15, 0.2) is 23.1 Å². The Hall–Kier alpha value is -2.88. The fourth-order valence-electron chi connectivity index (χ4n) is 2.40. The molecular weight excluding hydrogens is 407 g/mol. The van der Waals surface area contributed by atoms with E-state index in [4.69, 9.17) is 25.6 Å². The molecule has 0 amide bonds. The third-order valence-electron chi connectivity index (χ3n) is 3.92. The van der Waals surface area contributed by atoms with Gasteiger partial charge in [0.25, 0.3) is 11.9 Å². The second-order valence-corrected chi connectivity index (χ2v) is 6.23. The maximum absolute atomic E-state index is 13.9. The lowest BCUT2D eigenvalue weighted by atomic mass is 10.1. The van der Waals surface area contributed by atoms with Crippen LogP contribution in [0.2, 0.25) is 5.02 Å². The lowest BCUT2D eigenvalue weighted by Gasteiger charge is -2.14. The van der Waals surface area contributed by atoms with E-state index in [1.807, 2.05) is 0 Å². The molecule has 2 rings (SSSR count). The van der Waals surface area contributed by atoms with Crippen LogP contribution in [0.3, 0.4) is 0 Å². The molecule has 0 radical (unpaired) electrons. The summed E-state index contributed by atoms with van der Waals surface area (Å²) in [5.74, 6) is -3.59. The highest BCUT2D eigenvalue weighted by Crippen LogP contribution is 2.22. The molecule has 2 aromatic rings. The third-order valence-corrected chi connectivity index (χ3v) is 4.21. The van der Waals surface area contributed by atoms with Crippen molar-refractivity contribution >= 4 is 47.7 Å². The van der Waals surface area contributed by atoms with Gasteiger partial charge in [-0.3, -0.25) is 14.4 Å². The first kappa shape index (κ1) is 22.4. The van der Waals surface area contributed by atoms with Gasteiger partial charge in [-0.05, 0) is 19.1 Å². The van der Waals surface area contributed by atoms with E-state index in [9.17, 15) is 23.6 Å². The molecule has 29 heavy (non-hydrogen) atoms. The fraction of sp³-hybridized carbons (Fsp3) is 0.333. The maximum Gasteiger partial charge on any atom is 0.870 e. The van der Waals surface area contributed by atoms with Gasteiger partial charge in [-0.2, -0.15) is 0 Å². The number of hydrogen-bond acceptors (Lipinski definition) is 7. The Morgan fingerprint density at radius 1 is 1.07 bits per heavy atom. The van der Waals surface area contributed by atoms with Gasteiger partial charge in [-0.25, -0.2) is 9.18 Å². The zero-order valence-corrected chi connectivity index (χ0v) is 16.7. The Morgan fingerprint density at radius 2 is 1.66 bits per heavy atom. The molecule has 8 nitrogen and oxygen atoms in total. The normalized spacial score (nSPS) is 10.5. The van der Waals surface area contributed by atoms with Gasteiger partial charge in [0, 0.05) is 31.0 Å². The second kappa shape index (κ2) is 9.55. The van der Waals surface area contributed by atoms with Crippen LogP contribution < -0.4 is 5.43 Å². The lowest BCUT2D eigenvalue weighted by Crippen LogP contribution is -2.36. The van der Waals surface area contributed by atoms with Crippen molar-refractivity contribution in [2.24, 2.45) is 0 Å². The third kappa shape index (κ3) is 5.14. The van der Waals surface area contributed by atoms with Crippen LogP contribution in [0.25, 0.3) is 10.9 Å². The minimum absolute atomic E-state index is 0.0591. The van der Waals surface area contributed by atoms with E-state index in [1.54, 1.807) is 6.92 Å². The van der Waals surface area contributed by atoms with E-state index < -0.39 is 42.0 Å². The van der Waals surface area contributed by atoms with Crippen molar-refractivity contribution in [1.29, 1.82) is 0 Å². The fourth-order valence-corrected chi connectivity index (χ4v) is 2.55. The Balaban J connectivity index is 2.45. The predicted octanol–water partition coefficient (Wildman–Crippen LogP) is 2.86. The van der Waals surface area contributed by atoms with Crippen LogP contribution in [0.5, 0.6) is 0 Å². The maximum atomic E-state index is 13.9. The number of carbonyl (C=O) groups is 3. The van der Waals surface area contributed by atoms with Crippen LogP contribution >= 0.6 is 11.6 Å². The highest BCUT2D eigenvalue weighted by molar-refractivity contribution is 6.44. The SMILES string of the molecule is CCC(=O)OB(OC(=O)CC)OC(=O)c1cn(CC)c2cc(Cl)c(F)cc2c1=O. The number of rotatable bonds is 7. The number of nitrogens with zero attached hydrogens (tertiary/aromatic N) is 1. The summed E-state index contributed by atoms with van der Waals surface area (Å²) >= 11 is 5.79. The van der Waals surface area contributed by atoms with Gasteiger partial charge in [0.1, 0.15) is 11.4 Å². The summed E-state index contributed by atoms with van der Waals surface area (Å²) in [7, 11) is -1.95. The molecule has 0 aliphatic heterocycles. The molecule has 1 heterocycles. The molecule has 0 spiro atoms. The molecule has 0 bridgehead atoms. The van der Waals surface area contributed by atoms with Crippen LogP contribution in [0.4, 0.5) is 4.39 Å². The minimum Gasteiger partial charge on any atom is -0.462 e. The average molecular weight is 426 g/mol. The first-order valence-corrected chi connectivity index (χ1v) is 9.21. The summed E-state index contributed by atoms with van der Waals surface area (Å²) in [4.78, 5) is 48.2. The van der Waals surface area contributed by atoms with Crippen molar-refractivity contribution in [2.45, 2.75) is 40.2 Å². The summed E-state index contributed by atoms with van der Waals surface area (Å²) in [6.07, 6.45) is 1.09. The molecule has 0 unspecified atom stereocenters. The minimum atomic E-state index is -1.95. The molecule has 11 heteroatoms. The molecule has 1 aromatic heterocycles. The van der Waals surface area contributed by atoms with Crippen molar-refractivity contribution in [3.8, 4) is 0 Å². The summed E-state index contributed by atoms with van der Waals surface area (Å²) in [5.41, 5.74) is -0.939. The molecule has 0 N–H and O–H groups in total. The summed E-state index contributed by atoms with van der Waals surface area (Å²) in [6, 6.07) is 2.20. The van der Waals surface area contributed by atoms with Crippen LogP contribution in [0, 0.1) is 5.82 Å². The Labute approximate surface area is 170 Å². The predicted molar refractivity (Wildman–Crippen MR) is 103 cm³/mol.